The molecule has 3 rings (SSSR count). The van der Waals surface area contributed by atoms with Gasteiger partial charge < -0.3 is 19.9 Å². The number of nitriles is 1. The molecule has 2 fully saturated rings. The maximum absolute atomic E-state index is 12.5. The number of nitrogens with one attached hydrogen (secondary N) is 1. The topological polar surface area (TPSA) is 71.8 Å². The van der Waals surface area contributed by atoms with Gasteiger partial charge in [0.15, 0.2) is 0 Å². The summed E-state index contributed by atoms with van der Waals surface area (Å²) < 4.78 is 5.13. The molecule has 1 aromatic carbocycles. The third-order valence-corrected chi connectivity index (χ3v) is 5.16. The van der Waals surface area contributed by atoms with Crippen LogP contribution >= 0.6 is 0 Å². The van der Waals surface area contributed by atoms with E-state index in [9.17, 15) is 4.79 Å². The van der Waals surface area contributed by atoms with Gasteiger partial charge in [-0.3, -0.25) is 4.90 Å². The molecule has 0 bridgehead atoms. The highest BCUT2D eigenvalue weighted by atomic mass is 16.5. The number of carbonyl (C=O) groups excluding carboxylic acids is 1. The number of rotatable bonds is 5. The van der Waals surface area contributed by atoms with Gasteiger partial charge in [-0.2, -0.15) is 5.26 Å². The Kier molecular flexibility index (Phi) is 6.31. The minimum absolute atomic E-state index is 0.113. The molecular weight excluding hydrogens is 330 g/mol. The smallest absolute Gasteiger partial charge is 0.321 e. The molecule has 1 N–H and O–H groups in total. The molecule has 2 heterocycles. The summed E-state index contributed by atoms with van der Waals surface area (Å²) in [6.45, 7) is 7.96. The summed E-state index contributed by atoms with van der Waals surface area (Å²) in [5, 5.41) is 12.0. The Morgan fingerprint density at radius 2 is 1.77 bits per heavy atom. The number of amides is 2. The second kappa shape index (κ2) is 8.88. The molecular formula is C19H27N5O2. The molecule has 0 aliphatic carbocycles. The van der Waals surface area contributed by atoms with Crippen LogP contribution in [0.1, 0.15) is 18.4 Å². The van der Waals surface area contributed by atoms with Crippen LogP contribution in [0.3, 0.4) is 0 Å². The predicted molar refractivity (Wildman–Crippen MR) is 100 cm³/mol. The van der Waals surface area contributed by atoms with Gasteiger partial charge >= 0.3 is 6.03 Å². The second-order valence-electron chi connectivity index (χ2n) is 6.83. The number of carbonyl (C=O) groups is 1. The van der Waals surface area contributed by atoms with Gasteiger partial charge in [0.05, 0.1) is 12.7 Å². The van der Waals surface area contributed by atoms with Crippen molar-refractivity contribution in [1.29, 1.82) is 5.26 Å². The lowest BCUT2D eigenvalue weighted by Gasteiger charge is -2.35. The van der Waals surface area contributed by atoms with Gasteiger partial charge in [-0.1, -0.05) is 0 Å². The molecule has 0 atom stereocenters. The van der Waals surface area contributed by atoms with Crippen LogP contribution in [0.4, 0.5) is 10.5 Å². The fourth-order valence-corrected chi connectivity index (χ4v) is 3.54. The zero-order valence-corrected chi connectivity index (χ0v) is 15.4. The molecule has 140 valence electrons. The number of nitrogens with zero attached hydrogens (tertiary/aromatic N) is 4. The lowest BCUT2D eigenvalue weighted by Crippen LogP contribution is -2.51. The number of anilines is 1. The molecule has 2 aliphatic rings. The number of likely N-dealkylation sites (tertiary alicyclic amines) is 1. The van der Waals surface area contributed by atoms with E-state index in [1.54, 1.807) is 18.2 Å². The summed E-state index contributed by atoms with van der Waals surface area (Å²) in [6, 6.07) is 7.06. The van der Waals surface area contributed by atoms with Crippen LogP contribution in [0, 0.1) is 11.3 Å². The van der Waals surface area contributed by atoms with Crippen LogP contribution in [0.15, 0.2) is 18.2 Å². The van der Waals surface area contributed by atoms with Crippen molar-refractivity contribution in [1.82, 2.24) is 14.7 Å². The van der Waals surface area contributed by atoms with Crippen LogP contribution in [-0.4, -0.2) is 80.2 Å². The molecule has 1 aromatic rings. The monoisotopic (exact) mass is 357 g/mol. The third kappa shape index (κ3) is 4.65. The van der Waals surface area contributed by atoms with Crippen molar-refractivity contribution in [2.24, 2.45) is 0 Å². The number of hydrogen-bond acceptors (Lipinski definition) is 5. The fraction of sp³-hybridized carbons (Fsp3) is 0.579. The summed E-state index contributed by atoms with van der Waals surface area (Å²) in [4.78, 5) is 19.3. The van der Waals surface area contributed by atoms with Gasteiger partial charge in [-0.05, 0) is 44.1 Å². The summed E-state index contributed by atoms with van der Waals surface area (Å²) in [5.74, 6) is 0.511. The summed E-state index contributed by atoms with van der Waals surface area (Å²) in [5.41, 5.74) is 1.03. The highest BCUT2D eigenvalue weighted by Crippen LogP contribution is 2.22. The number of methoxy groups -OCH3 is 1. The fourth-order valence-electron chi connectivity index (χ4n) is 3.54. The number of ether oxygens (including phenoxy) is 1. The van der Waals surface area contributed by atoms with Crippen molar-refractivity contribution in [3.8, 4) is 11.8 Å². The standard InChI is InChI=1S/C19H27N5O2/c1-26-18-5-4-17(14-16(18)15-20)21-19(25)24-12-10-23(11-13-24)9-8-22-6-2-3-7-22/h4-5,14H,2-3,6-13H2,1H3,(H,21,25). The third-order valence-electron chi connectivity index (χ3n) is 5.16. The van der Waals surface area contributed by atoms with Crippen molar-refractivity contribution < 1.29 is 9.53 Å². The molecule has 26 heavy (non-hydrogen) atoms. The Hall–Kier alpha value is -2.30. The van der Waals surface area contributed by atoms with Crippen molar-refractivity contribution in [3.63, 3.8) is 0 Å². The Bertz CT molecular complexity index is 658. The van der Waals surface area contributed by atoms with E-state index in [2.05, 4.69) is 21.2 Å². The van der Waals surface area contributed by atoms with Crippen LogP contribution in [-0.2, 0) is 0 Å². The van der Waals surface area contributed by atoms with Crippen LogP contribution in [0.25, 0.3) is 0 Å². The number of hydrogen-bond donors (Lipinski definition) is 1. The molecule has 2 amide bonds. The van der Waals surface area contributed by atoms with Gasteiger partial charge in [-0.25, -0.2) is 4.79 Å². The summed E-state index contributed by atoms with van der Waals surface area (Å²) in [6.07, 6.45) is 2.65. The van der Waals surface area contributed by atoms with E-state index in [0.717, 1.165) is 39.3 Å². The molecule has 7 nitrogen and oxygen atoms in total. The maximum Gasteiger partial charge on any atom is 0.321 e. The first kappa shape index (κ1) is 18.5. The van der Waals surface area contributed by atoms with Crippen LogP contribution in [0.2, 0.25) is 0 Å². The average Bonchev–Trinajstić information content (AvgIpc) is 3.20. The van der Waals surface area contributed by atoms with Gasteiger partial charge in [-0.15, -0.1) is 0 Å². The first-order chi connectivity index (χ1) is 12.7. The Morgan fingerprint density at radius 1 is 1.12 bits per heavy atom. The molecule has 0 radical (unpaired) electrons. The van der Waals surface area contributed by atoms with E-state index in [1.807, 2.05) is 4.90 Å². The Balaban J connectivity index is 1.45. The number of urea groups is 1. The molecule has 0 saturated carbocycles. The van der Waals surface area contributed by atoms with Crippen molar-refractivity contribution in [3.05, 3.63) is 23.8 Å². The predicted octanol–water partition coefficient (Wildman–Crippen LogP) is 1.81. The first-order valence-corrected chi connectivity index (χ1v) is 9.28. The highest BCUT2D eigenvalue weighted by Gasteiger charge is 2.22. The Labute approximate surface area is 155 Å². The lowest BCUT2D eigenvalue weighted by molar-refractivity contribution is 0.137. The van der Waals surface area contributed by atoms with E-state index in [4.69, 9.17) is 10.00 Å². The molecule has 2 saturated heterocycles. The average molecular weight is 357 g/mol. The molecule has 0 unspecified atom stereocenters. The Morgan fingerprint density at radius 3 is 2.38 bits per heavy atom. The van der Waals surface area contributed by atoms with E-state index < -0.39 is 0 Å². The minimum Gasteiger partial charge on any atom is -0.495 e. The van der Waals surface area contributed by atoms with E-state index in [1.165, 1.54) is 33.0 Å². The lowest BCUT2D eigenvalue weighted by atomic mass is 10.2. The molecule has 2 aliphatic heterocycles. The van der Waals surface area contributed by atoms with Crippen LogP contribution < -0.4 is 10.1 Å². The minimum atomic E-state index is -0.113. The summed E-state index contributed by atoms with van der Waals surface area (Å²) >= 11 is 0. The molecule has 0 aromatic heterocycles. The SMILES string of the molecule is COc1ccc(NC(=O)N2CCN(CCN3CCCC3)CC2)cc1C#N. The molecule has 0 spiro atoms. The van der Waals surface area contributed by atoms with E-state index in [-0.39, 0.29) is 6.03 Å². The summed E-state index contributed by atoms with van der Waals surface area (Å²) in [7, 11) is 1.53. The van der Waals surface area contributed by atoms with Crippen LogP contribution in [0.5, 0.6) is 5.75 Å². The van der Waals surface area contributed by atoms with Crippen molar-refractivity contribution >= 4 is 11.7 Å². The number of benzene rings is 1. The zero-order valence-electron chi connectivity index (χ0n) is 15.4. The van der Waals surface area contributed by atoms with Gasteiger partial charge in [0, 0.05) is 45.0 Å². The normalized spacial score (nSPS) is 18.5. The first-order valence-electron chi connectivity index (χ1n) is 9.28. The van der Waals surface area contributed by atoms with Crippen molar-refractivity contribution in [2.45, 2.75) is 12.8 Å². The van der Waals surface area contributed by atoms with Gasteiger partial charge in [0.1, 0.15) is 11.8 Å². The zero-order chi connectivity index (χ0) is 18.4. The largest absolute Gasteiger partial charge is 0.495 e. The highest BCUT2D eigenvalue weighted by molar-refractivity contribution is 5.89. The quantitative estimate of drug-likeness (QED) is 0.870. The van der Waals surface area contributed by atoms with Crippen molar-refractivity contribution in [2.75, 3.05) is 64.8 Å². The maximum atomic E-state index is 12.5. The number of piperazine rings is 1. The molecule has 7 heteroatoms. The van der Waals surface area contributed by atoms with Gasteiger partial charge in [0.25, 0.3) is 0 Å². The van der Waals surface area contributed by atoms with Gasteiger partial charge in [0.2, 0.25) is 0 Å². The van der Waals surface area contributed by atoms with E-state index in [0.29, 0.717) is 17.0 Å². The second-order valence-corrected chi connectivity index (χ2v) is 6.83. The van der Waals surface area contributed by atoms with E-state index >= 15 is 0 Å².